The summed E-state index contributed by atoms with van der Waals surface area (Å²) in [5.41, 5.74) is 0.288. The predicted octanol–water partition coefficient (Wildman–Crippen LogP) is 1.34. The molecule has 0 radical (unpaired) electrons. The Hall–Kier alpha value is -0.650. The maximum atomic E-state index is 10.7. The van der Waals surface area contributed by atoms with Gasteiger partial charge in [0.25, 0.3) is 0 Å². The molecule has 0 aliphatic rings. The molecule has 0 bridgehead atoms. The molecular weight excluding hydrogens is 224 g/mol. The normalized spacial score (nSPS) is 10.2. The number of halogens is 1. The van der Waals surface area contributed by atoms with Gasteiger partial charge in [-0.1, -0.05) is 11.6 Å². The molecule has 0 aromatic carbocycles. The first-order chi connectivity index (χ1) is 6.69. The first kappa shape index (κ1) is 11.4. The molecule has 76 valence electrons. The van der Waals surface area contributed by atoms with Crippen LogP contribution >= 0.6 is 23.4 Å². The number of carbonyl (C=O) groups excluding carboxylic acids is 1. The van der Waals surface area contributed by atoms with E-state index in [-0.39, 0.29) is 17.3 Å². The van der Waals surface area contributed by atoms with Gasteiger partial charge in [-0.3, -0.25) is 4.79 Å². The molecule has 1 rings (SSSR count). The molecule has 0 aliphatic heterocycles. The van der Waals surface area contributed by atoms with Gasteiger partial charge >= 0.3 is 0 Å². The van der Waals surface area contributed by atoms with Crippen LogP contribution in [0.3, 0.4) is 0 Å². The standard InChI is InChI=1S/C8H9ClN2O2S/c1-5-10-7(9)6(4-13)8(11-5)14-3-2-12/h4,12H,2-3H2,1H3. The minimum absolute atomic E-state index is 0.0314. The Morgan fingerprint density at radius 2 is 2.29 bits per heavy atom. The highest BCUT2D eigenvalue weighted by molar-refractivity contribution is 7.99. The summed E-state index contributed by atoms with van der Waals surface area (Å²) >= 11 is 7.04. The number of aryl methyl sites for hydroxylation is 1. The lowest BCUT2D eigenvalue weighted by atomic mass is 10.4. The molecule has 0 atom stereocenters. The molecule has 14 heavy (non-hydrogen) atoms. The second-order valence-corrected chi connectivity index (χ2v) is 3.91. The summed E-state index contributed by atoms with van der Waals surface area (Å²) in [5.74, 6) is 0.995. The Bertz CT molecular complexity index is 346. The molecule has 1 N–H and O–H groups in total. The van der Waals surface area contributed by atoms with Crippen LogP contribution in [-0.4, -0.2) is 33.7 Å². The number of hydrogen-bond donors (Lipinski definition) is 1. The van der Waals surface area contributed by atoms with Crippen LogP contribution in [0, 0.1) is 6.92 Å². The second-order valence-electron chi connectivity index (χ2n) is 2.47. The molecule has 1 aromatic rings. The average molecular weight is 233 g/mol. The second kappa shape index (κ2) is 5.29. The lowest BCUT2D eigenvalue weighted by molar-refractivity contribution is 0.112. The molecule has 1 heterocycles. The number of thioether (sulfide) groups is 1. The minimum atomic E-state index is 0.0314. The van der Waals surface area contributed by atoms with E-state index < -0.39 is 0 Å². The Labute approximate surface area is 90.7 Å². The Morgan fingerprint density at radius 3 is 2.86 bits per heavy atom. The first-order valence-electron chi connectivity index (χ1n) is 3.92. The van der Waals surface area contributed by atoms with E-state index in [1.807, 2.05) is 0 Å². The van der Waals surface area contributed by atoms with Gasteiger partial charge in [0.2, 0.25) is 0 Å². The van der Waals surface area contributed by atoms with Crippen molar-refractivity contribution in [2.75, 3.05) is 12.4 Å². The number of aliphatic hydroxyl groups is 1. The summed E-state index contributed by atoms with van der Waals surface area (Å²) in [7, 11) is 0. The minimum Gasteiger partial charge on any atom is -0.396 e. The fraction of sp³-hybridized carbons (Fsp3) is 0.375. The van der Waals surface area contributed by atoms with Gasteiger partial charge < -0.3 is 5.11 Å². The van der Waals surface area contributed by atoms with Gasteiger partial charge in [0.1, 0.15) is 16.0 Å². The Morgan fingerprint density at radius 1 is 1.57 bits per heavy atom. The van der Waals surface area contributed by atoms with E-state index >= 15 is 0 Å². The number of aromatic nitrogens is 2. The fourth-order valence-corrected chi connectivity index (χ4v) is 1.97. The van der Waals surface area contributed by atoms with Gasteiger partial charge in [0.15, 0.2) is 6.29 Å². The van der Waals surface area contributed by atoms with E-state index in [1.165, 1.54) is 11.8 Å². The molecular formula is C8H9ClN2O2S. The SMILES string of the molecule is Cc1nc(Cl)c(C=O)c(SCCO)n1. The number of rotatable bonds is 4. The van der Waals surface area contributed by atoms with Crippen LogP contribution in [0.1, 0.15) is 16.2 Å². The Balaban J connectivity index is 3.05. The third-order valence-electron chi connectivity index (χ3n) is 1.42. The topological polar surface area (TPSA) is 63.1 Å². The third kappa shape index (κ3) is 2.67. The van der Waals surface area contributed by atoms with Crippen molar-refractivity contribution in [2.24, 2.45) is 0 Å². The highest BCUT2D eigenvalue weighted by Crippen LogP contribution is 2.23. The van der Waals surface area contributed by atoms with Crippen molar-refractivity contribution in [3.05, 3.63) is 16.5 Å². The van der Waals surface area contributed by atoms with Gasteiger partial charge in [-0.25, -0.2) is 9.97 Å². The first-order valence-corrected chi connectivity index (χ1v) is 5.28. The molecule has 0 fully saturated rings. The summed E-state index contributed by atoms with van der Waals surface area (Å²) in [6.07, 6.45) is 0.626. The van der Waals surface area contributed by atoms with Crippen LogP contribution in [0.15, 0.2) is 5.03 Å². The van der Waals surface area contributed by atoms with Crippen molar-refractivity contribution in [1.82, 2.24) is 9.97 Å². The van der Waals surface area contributed by atoms with Crippen LogP contribution in [0.5, 0.6) is 0 Å². The lowest BCUT2D eigenvalue weighted by Gasteiger charge is -2.04. The molecule has 1 aromatic heterocycles. The molecule has 0 unspecified atom stereocenters. The fourth-order valence-electron chi connectivity index (χ4n) is 0.874. The summed E-state index contributed by atoms with van der Waals surface area (Å²) in [6.45, 7) is 1.73. The molecule has 0 spiro atoms. The number of aliphatic hydroxyl groups excluding tert-OH is 1. The maximum Gasteiger partial charge on any atom is 0.155 e. The highest BCUT2D eigenvalue weighted by Gasteiger charge is 2.10. The van der Waals surface area contributed by atoms with Crippen molar-refractivity contribution in [3.8, 4) is 0 Å². The van der Waals surface area contributed by atoms with E-state index in [1.54, 1.807) is 6.92 Å². The van der Waals surface area contributed by atoms with E-state index in [2.05, 4.69) is 9.97 Å². The molecule has 0 amide bonds. The molecule has 0 aliphatic carbocycles. The van der Waals surface area contributed by atoms with Crippen LogP contribution in [0.2, 0.25) is 5.15 Å². The zero-order chi connectivity index (χ0) is 10.6. The predicted molar refractivity (Wildman–Crippen MR) is 55.0 cm³/mol. The van der Waals surface area contributed by atoms with Crippen molar-refractivity contribution < 1.29 is 9.90 Å². The van der Waals surface area contributed by atoms with Gasteiger partial charge in [-0.05, 0) is 6.92 Å². The highest BCUT2D eigenvalue weighted by atomic mass is 35.5. The van der Waals surface area contributed by atoms with E-state index in [9.17, 15) is 4.79 Å². The van der Waals surface area contributed by atoms with Crippen molar-refractivity contribution in [1.29, 1.82) is 0 Å². The zero-order valence-electron chi connectivity index (χ0n) is 7.53. The molecule has 4 nitrogen and oxygen atoms in total. The molecule has 0 saturated heterocycles. The molecule has 0 saturated carbocycles. The van der Waals surface area contributed by atoms with E-state index in [0.717, 1.165) is 0 Å². The summed E-state index contributed by atoms with van der Waals surface area (Å²) in [5, 5.41) is 9.32. The summed E-state index contributed by atoms with van der Waals surface area (Å²) in [4.78, 5) is 18.6. The molecule has 6 heteroatoms. The summed E-state index contributed by atoms with van der Waals surface area (Å²) in [6, 6.07) is 0. The monoisotopic (exact) mass is 232 g/mol. The third-order valence-corrected chi connectivity index (χ3v) is 2.68. The van der Waals surface area contributed by atoms with Crippen LogP contribution in [-0.2, 0) is 0 Å². The average Bonchev–Trinajstić information content (AvgIpc) is 2.14. The number of nitrogens with zero attached hydrogens (tertiary/aromatic N) is 2. The number of aldehydes is 1. The lowest BCUT2D eigenvalue weighted by Crippen LogP contribution is -1.99. The van der Waals surface area contributed by atoms with Crippen molar-refractivity contribution in [2.45, 2.75) is 11.9 Å². The van der Waals surface area contributed by atoms with Crippen molar-refractivity contribution in [3.63, 3.8) is 0 Å². The maximum absolute atomic E-state index is 10.7. The van der Waals surface area contributed by atoms with Crippen molar-refractivity contribution >= 4 is 29.6 Å². The quantitative estimate of drug-likeness (QED) is 0.482. The van der Waals surface area contributed by atoms with Gasteiger partial charge in [0, 0.05) is 5.75 Å². The smallest absolute Gasteiger partial charge is 0.155 e. The number of carbonyl (C=O) groups is 1. The zero-order valence-corrected chi connectivity index (χ0v) is 9.10. The van der Waals surface area contributed by atoms with Gasteiger partial charge in [-0.15, -0.1) is 11.8 Å². The van der Waals surface area contributed by atoms with E-state index in [4.69, 9.17) is 16.7 Å². The van der Waals surface area contributed by atoms with Gasteiger partial charge in [-0.2, -0.15) is 0 Å². The van der Waals surface area contributed by atoms with Gasteiger partial charge in [0.05, 0.1) is 12.2 Å². The van der Waals surface area contributed by atoms with Crippen LogP contribution < -0.4 is 0 Å². The van der Waals surface area contributed by atoms with Crippen LogP contribution in [0.25, 0.3) is 0 Å². The van der Waals surface area contributed by atoms with E-state index in [0.29, 0.717) is 22.9 Å². The largest absolute Gasteiger partial charge is 0.396 e. The Kier molecular flexibility index (Phi) is 4.31. The summed E-state index contributed by atoms with van der Waals surface area (Å²) < 4.78 is 0. The van der Waals surface area contributed by atoms with Crippen LogP contribution in [0.4, 0.5) is 0 Å². The number of hydrogen-bond acceptors (Lipinski definition) is 5.